The lowest BCUT2D eigenvalue weighted by Gasteiger charge is -2.16. The van der Waals surface area contributed by atoms with Gasteiger partial charge in [-0.3, -0.25) is 5.32 Å². The molecule has 5 nitrogen and oxygen atoms in total. The lowest BCUT2D eigenvalue weighted by atomic mass is 9.96. The van der Waals surface area contributed by atoms with Crippen molar-refractivity contribution in [1.82, 2.24) is 15.5 Å². The van der Waals surface area contributed by atoms with E-state index >= 15 is 0 Å². The topological polar surface area (TPSA) is 66.9 Å². The van der Waals surface area contributed by atoms with E-state index in [1.54, 1.807) is 5.51 Å². The van der Waals surface area contributed by atoms with E-state index in [9.17, 15) is 4.79 Å². The molecule has 0 spiro atoms. The van der Waals surface area contributed by atoms with Gasteiger partial charge in [-0.2, -0.15) is 0 Å². The molecule has 1 heterocycles. The van der Waals surface area contributed by atoms with Gasteiger partial charge in [0.05, 0.1) is 0 Å². The highest BCUT2D eigenvalue weighted by Crippen LogP contribution is 2.47. The molecule has 2 aromatic rings. The van der Waals surface area contributed by atoms with Gasteiger partial charge in [-0.05, 0) is 18.4 Å². The SMILES string of the molecule is O=C(NCC1(c2ccccc2)CC1)Nc1nncs1. The average molecular weight is 274 g/mol. The van der Waals surface area contributed by atoms with E-state index in [4.69, 9.17) is 0 Å². The molecule has 1 aromatic heterocycles. The largest absolute Gasteiger partial charge is 0.337 e. The number of nitrogens with zero attached hydrogens (tertiary/aromatic N) is 2. The molecule has 3 rings (SSSR count). The Morgan fingerprint density at radius 2 is 2.11 bits per heavy atom. The first-order valence-electron chi connectivity index (χ1n) is 6.15. The number of carbonyl (C=O) groups is 1. The summed E-state index contributed by atoms with van der Waals surface area (Å²) >= 11 is 1.30. The molecule has 1 aliphatic carbocycles. The Bertz CT molecular complexity index is 551. The lowest BCUT2D eigenvalue weighted by Crippen LogP contribution is -2.35. The van der Waals surface area contributed by atoms with E-state index in [1.165, 1.54) is 16.9 Å². The summed E-state index contributed by atoms with van der Waals surface area (Å²) in [4.78, 5) is 11.7. The van der Waals surface area contributed by atoms with E-state index in [0.717, 1.165) is 12.8 Å². The third-order valence-electron chi connectivity index (χ3n) is 3.41. The van der Waals surface area contributed by atoms with Crippen molar-refractivity contribution in [2.24, 2.45) is 0 Å². The standard InChI is InChI=1S/C13H14N4OS/c18-11(16-12-17-15-9-19-12)14-8-13(6-7-13)10-4-2-1-3-5-10/h1-5,9H,6-8H2,(H2,14,16,17,18). The first-order chi connectivity index (χ1) is 9.28. The minimum Gasteiger partial charge on any atom is -0.337 e. The van der Waals surface area contributed by atoms with Gasteiger partial charge < -0.3 is 5.32 Å². The maximum atomic E-state index is 11.7. The molecular weight excluding hydrogens is 260 g/mol. The van der Waals surface area contributed by atoms with Crippen molar-refractivity contribution in [3.63, 3.8) is 0 Å². The predicted molar refractivity (Wildman–Crippen MR) is 74.3 cm³/mol. The van der Waals surface area contributed by atoms with Gasteiger partial charge in [-0.25, -0.2) is 4.79 Å². The Balaban J connectivity index is 1.56. The molecule has 19 heavy (non-hydrogen) atoms. The van der Waals surface area contributed by atoms with E-state index < -0.39 is 0 Å². The number of amides is 2. The fraction of sp³-hybridized carbons (Fsp3) is 0.308. The molecule has 2 N–H and O–H groups in total. The fourth-order valence-corrected chi connectivity index (χ4v) is 2.57. The van der Waals surface area contributed by atoms with E-state index in [1.807, 2.05) is 18.2 Å². The van der Waals surface area contributed by atoms with E-state index in [-0.39, 0.29) is 11.4 Å². The van der Waals surface area contributed by atoms with Gasteiger partial charge in [0, 0.05) is 12.0 Å². The highest BCUT2D eigenvalue weighted by atomic mass is 32.1. The van der Waals surface area contributed by atoms with Crippen molar-refractivity contribution in [2.75, 3.05) is 11.9 Å². The molecule has 1 aliphatic rings. The number of hydrogen-bond acceptors (Lipinski definition) is 4. The van der Waals surface area contributed by atoms with Gasteiger partial charge >= 0.3 is 6.03 Å². The van der Waals surface area contributed by atoms with Crippen molar-refractivity contribution < 1.29 is 4.79 Å². The number of urea groups is 1. The summed E-state index contributed by atoms with van der Waals surface area (Å²) in [5.74, 6) is 0. The number of hydrogen-bond donors (Lipinski definition) is 2. The van der Waals surface area contributed by atoms with Gasteiger partial charge in [-0.1, -0.05) is 41.7 Å². The molecule has 1 saturated carbocycles. The first kappa shape index (κ1) is 12.1. The molecule has 6 heteroatoms. The first-order valence-corrected chi connectivity index (χ1v) is 7.03. The van der Waals surface area contributed by atoms with Crippen LogP contribution in [0.2, 0.25) is 0 Å². The lowest BCUT2D eigenvalue weighted by molar-refractivity contribution is 0.251. The summed E-state index contributed by atoms with van der Waals surface area (Å²) in [6, 6.07) is 10.1. The third-order valence-corrected chi connectivity index (χ3v) is 4.01. The molecular formula is C13H14N4OS. The van der Waals surface area contributed by atoms with Gasteiger partial charge in [0.1, 0.15) is 5.51 Å². The smallest absolute Gasteiger partial charge is 0.321 e. The summed E-state index contributed by atoms with van der Waals surface area (Å²) in [6.45, 7) is 0.654. The summed E-state index contributed by atoms with van der Waals surface area (Å²) in [6.07, 6.45) is 2.24. The summed E-state index contributed by atoms with van der Waals surface area (Å²) < 4.78 is 0. The van der Waals surface area contributed by atoms with Crippen molar-refractivity contribution >= 4 is 22.5 Å². The van der Waals surface area contributed by atoms with Crippen molar-refractivity contribution in [3.05, 3.63) is 41.4 Å². The van der Waals surface area contributed by atoms with Crippen LogP contribution in [0.15, 0.2) is 35.8 Å². The maximum Gasteiger partial charge on any atom is 0.321 e. The molecule has 1 fully saturated rings. The number of anilines is 1. The van der Waals surface area contributed by atoms with Crippen molar-refractivity contribution in [2.45, 2.75) is 18.3 Å². The number of nitrogens with one attached hydrogen (secondary N) is 2. The quantitative estimate of drug-likeness (QED) is 0.899. The highest BCUT2D eigenvalue weighted by Gasteiger charge is 2.44. The van der Waals surface area contributed by atoms with Gasteiger partial charge in [0.25, 0.3) is 0 Å². The van der Waals surface area contributed by atoms with Crippen LogP contribution < -0.4 is 10.6 Å². The number of aromatic nitrogens is 2. The van der Waals surface area contributed by atoms with E-state index in [0.29, 0.717) is 11.7 Å². The van der Waals surface area contributed by atoms with Crippen LogP contribution in [-0.2, 0) is 5.41 Å². The summed E-state index contributed by atoms with van der Waals surface area (Å²) in [7, 11) is 0. The zero-order chi connectivity index (χ0) is 13.1. The normalized spacial score (nSPS) is 15.8. The Morgan fingerprint density at radius 3 is 2.74 bits per heavy atom. The number of benzene rings is 1. The molecule has 0 radical (unpaired) electrons. The Hall–Kier alpha value is -1.95. The monoisotopic (exact) mass is 274 g/mol. The number of carbonyl (C=O) groups excluding carboxylic acids is 1. The second kappa shape index (κ2) is 4.97. The summed E-state index contributed by atoms with van der Waals surface area (Å²) in [5.41, 5.74) is 3.01. The molecule has 98 valence electrons. The van der Waals surface area contributed by atoms with Crippen LogP contribution in [0.3, 0.4) is 0 Å². The molecule has 0 bridgehead atoms. The van der Waals surface area contributed by atoms with E-state index in [2.05, 4.69) is 33.0 Å². The highest BCUT2D eigenvalue weighted by molar-refractivity contribution is 7.13. The van der Waals surface area contributed by atoms with Crippen LogP contribution >= 0.6 is 11.3 Å². The van der Waals surface area contributed by atoms with Crippen molar-refractivity contribution in [1.29, 1.82) is 0 Å². The molecule has 1 aromatic carbocycles. The minimum atomic E-state index is -0.223. The Kier molecular flexibility index (Phi) is 3.16. The molecule has 2 amide bonds. The second-order valence-corrected chi connectivity index (χ2v) is 5.53. The summed E-state index contributed by atoms with van der Waals surface area (Å²) in [5, 5.41) is 13.5. The number of rotatable bonds is 4. The van der Waals surface area contributed by atoms with Crippen LogP contribution in [0.25, 0.3) is 0 Å². The van der Waals surface area contributed by atoms with Crippen LogP contribution in [-0.4, -0.2) is 22.8 Å². The van der Waals surface area contributed by atoms with Gasteiger partial charge in [0.2, 0.25) is 5.13 Å². The van der Waals surface area contributed by atoms with Crippen LogP contribution in [0.1, 0.15) is 18.4 Å². The van der Waals surface area contributed by atoms with Crippen molar-refractivity contribution in [3.8, 4) is 0 Å². The molecule has 0 aliphatic heterocycles. The van der Waals surface area contributed by atoms with Crippen LogP contribution in [0.4, 0.5) is 9.93 Å². The molecule has 0 unspecified atom stereocenters. The zero-order valence-corrected chi connectivity index (χ0v) is 11.1. The molecule has 0 atom stereocenters. The van der Waals surface area contributed by atoms with Crippen LogP contribution in [0.5, 0.6) is 0 Å². The third kappa shape index (κ3) is 2.73. The average Bonchev–Trinajstić information content (AvgIpc) is 3.08. The second-order valence-electron chi connectivity index (χ2n) is 4.70. The molecule has 0 saturated heterocycles. The van der Waals surface area contributed by atoms with Gasteiger partial charge in [-0.15, -0.1) is 10.2 Å². The Morgan fingerprint density at radius 1 is 1.32 bits per heavy atom. The van der Waals surface area contributed by atoms with Crippen LogP contribution in [0, 0.1) is 0 Å². The van der Waals surface area contributed by atoms with Gasteiger partial charge in [0.15, 0.2) is 0 Å². The zero-order valence-electron chi connectivity index (χ0n) is 10.3. The predicted octanol–water partition coefficient (Wildman–Crippen LogP) is 2.39. The Labute approximate surface area is 115 Å². The fourth-order valence-electron chi connectivity index (χ4n) is 2.13. The minimum absolute atomic E-state index is 0.125. The maximum absolute atomic E-state index is 11.7.